The Morgan fingerprint density at radius 3 is 2.54 bits per heavy atom. The van der Waals surface area contributed by atoms with Crippen molar-refractivity contribution < 1.29 is 27.5 Å². The lowest BCUT2D eigenvalue weighted by molar-refractivity contribution is 0.0602. The number of nitrogens with zero attached hydrogens (tertiary/aromatic N) is 4. The standard InChI is InChI=1S/C13H15N5O6S2/c1-7-14-11(16-12(15-7)24-4)18(2)13(20)17-26(21,22)8-5-6-25-9(8)10(19)23-3/h5-6H,1-4H3,(H,17,20). The molecule has 0 fully saturated rings. The molecule has 0 spiro atoms. The van der Waals surface area contributed by atoms with Crippen LogP contribution in [0.1, 0.15) is 15.5 Å². The summed E-state index contributed by atoms with van der Waals surface area (Å²) in [5.74, 6) is -0.653. The molecule has 0 aliphatic carbocycles. The molecule has 0 bridgehead atoms. The summed E-state index contributed by atoms with van der Waals surface area (Å²) in [6.07, 6.45) is 0. The largest absolute Gasteiger partial charge is 0.467 e. The number of hydrogen-bond acceptors (Lipinski definition) is 10. The molecule has 2 rings (SSSR count). The van der Waals surface area contributed by atoms with E-state index in [0.717, 1.165) is 23.3 Å². The lowest BCUT2D eigenvalue weighted by Crippen LogP contribution is -2.41. The average Bonchev–Trinajstić information content (AvgIpc) is 3.10. The smallest absolute Gasteiger partial charge is 0.349 e. The van der Waals surface area contributed by atoms with Crippen LogP contribution in [-0.4, -0.2) is 56.6 Å². The van der Waals surface area contributed by atoms with Crippen molar-refractivity contribution in [2.75, 3.05) is 26.2 Å². The van der Waals surface area contributed by atoms with E-state index >= 15 is 0 Å². The number of carbonyl (C=O) groups is 2. The Kier molecular flexibility index (Phi) is 5.72. The highest BCUT2D eigenvalue weighted by atomic mass is 32.2. The summed E-state index contributed by atoms with van der Waals surface area (Å²) in [6.45, 7) is 1.56. The summed E-state index contributed by atoms with van der Waals surface area (Å²) in [7, 11) is -0.576. The Labute approximate surface area is 153 Å². The summed E-state index contributed by atoms with van der Waals surface area (Å²) >= 11 is 0.880. The number of amides is 2. The molecule has 0 aliphatic heterocycles. The van der Waals surface area contributed by atoms with Crippen LogP contribution in [-0.2, 0) is 14.8 Å². The molecule has 13 heteroatoms. The number of anilines is 1. The molecule has 140 valence electrons. The van der Waals surface area contributed by atoms with Gasteiger partial charge < -0.3 is 9.47 Å². The van der Waals surface area contributed by atoms with E-state index in [1.165, 1.54) is 25.6 Å². The first-order chi connectivity index (χ1) is 12.2. The second-order valence-electron chi connectivity index (χ2n) is 4.74. The van der Waals surface area contributed by atoms with Crippen molar-refractivity contribution in [3.63, 3.8) is 0 Å². The summed E-state index contributed by atoms with van der Waals surface area (Å²) in [5.41, 5.74) is 0. The Balaban J connectivity index is 2.27. The number of thiophene rings is 1. The van der Waals surface area contributed by atoms with E-state index in [0.29, 0.717) is 0 Å². The third kappa shape index (κ3) is 4.05. The number of urea groups is 1. The maximum absolute atomic E-state index is 12.4. The van der Waals surface area contributed by atoms with Crippen LogP contribution in [0.5, 0.6) is 6.01 Å². The Morgan fingerprint density at radius 2 is 1.92 bits per heavy atom. The molecule has 0 radical (unpaired) electrons. The zero-order chi connectivity index (χ0) is 19.5. The van der Waals surface area contributed by atoms with Crippen molar-refractivity contribution in [1.82, 2.24) is 19.7 Å². The van der Waals surface area contributed by atoms with Gasteiger partial charge in [0, 0.05) is 7.05 Å². The maximum atomic E-state index is 12.4. The quantitative estimate of drug-likeness (QED) is 0.712. The number of sulfonamides is 1. The lowest BCUT2D eigenvalue weighted by Gasteiger charge is -2.16. The molecule has 2 aromatic heterocycles. The van der Waals surface area contributed by atoms with Gasteiger partial charge in [0.25, 0.3) is 10.0 Å². The van der Waals surface area contributed by atoms with Gasteiger partial charge >= 0.3 is 18.0 Å². The van der Waals surface area contributed by atoms with E-state index in [-0.39, 0.29) is 27.6 Å². The van der Waals surface area contributed by atoms with Gasteiger partial charge in [0.2, 0.25) is 5.95 Å². The number of ether oxygens (including phenoxy) is 2. The van der Waals surface area contributed by atoms with Crippen molar-refractivity contribution in [2.45, 2.75) is 11.8 Å². The highest BCUT2D eigenvalue weighted by molar-refractivity contribution is 7.90. The van der Waals surface area contributed by atoms with Gasteiger partial charge in [0.05, 0.1) is 14.2 Å². The maximum Gasteiger partial charge on any atom is 0.349 e. The molecular formula is C13H15N5O6S2. The SMILES string of the molecule is COC(=O)c1sccc1S(=O)(=O)NC(=O)N(C)c1nc(C)nc(OC)n1. The third-order valence-electron chi connectivity index (χ3n) is 3.01. The minimum absolute atomic E-state index is 0.0270. The first-order valence-corrected chi connectivity index (χ1v) is 9.29. The Bertz CT molecular complexity index is 942. The monoisotopic (exact) mass is 401 g/mol. The molecule has 26 heavy (non-hydrogen) atoms. The van der Waals surface area contributed by atoms with Gasteiger partial charge in [-0.2, -0.15) is 15.0 Å². The van der Waals surface area contributed by atoms with E-state index in [2.05, 4.69) is 19.7 Å². The van der Waals surface area contributed by atoms with Gasteiger partial charge in [0.1, 0.15) is 15.6 Å². The van der Waals surface area contributed by atoms with E-state index in [1.807, 2.05) is 4.72 Å². The first kappa shape index (κ1) is 19.5. The van der Waals surface area contributed by atoms with Gasteiger partial charge in [0.15, 0.2) is 0 Å². The molecule has 2 amide bonds. The number of carbonyl (C=O) groups excluding carboxylic acids is 2. The zero-order valence-corrected chi connectivity index (χ0v) is 15.8. The fourth-order valence-electron chi connectivity index (χ4n) is 1.76. The molecule has 1 N–H and O–H groups in total. The van der Waals surface area contributed by atoms with E-state index in [1.54, 1.807) is 6.92 Å². The number of aryl methyl sites for hydroxylation is 1. The van der Waals surface area contributed by atoms with Crippen LogP contribution in [0.25, 0.3) is 0 Å². The Hall–Kier alpha value is -2.80. The van der Waals surface area contributed by atoms with Gasteiger partial charge in [-0.1, -0.05) is 0 Å². The molecule has 0 atom stereocenters. The van der Waals surface area contributed by atoms with Crippen molar-refractivity contribution in [3.05, 3.63) is 22.1 Å². The molecule has 0 aromatic carbocycles. The number of aromatic nitrogens is 3. The molecule has 0 unspecified atom stereocenters. The topological polar surface area (TPSA) is 141 Å². The average molecular weight is 401 g/mol. The van der Waals surface area contributed by atoms with Crippen molar-refractivity contribution >= 4 is 39.3 Å². The Morgan fingerprint density at radius 1 is 1.23 bits per heavy atom. The van der Waals surface area contributed by atoms with Gasteiger partial charge in [-0.3, -0.25) is 4.90 Å². The molecule has 11 nitrogen and oxygen atoms in total. The molecule has 0 saturated heterocycles. The highest BCUT2D eigenvalue weighted by Gasteiger charge is 2.28. The number of nitrogens with one attached hydrogen (secondary N) is 1. The van der Waals surface area contributed by atoms with Crippen molar-refractivity contribution in [2.24, 2.45) is 0 Å². The van der Waals surface area contributed by atoms with Crippen molar-refractivity contribution in [3.8, 4) is 6.01 Å². The summed E-state index contributed by atoms with van der Waals surface area (Å²) in [4.78, 5) is 36.0. The van der Waals surface area contributed by atoms with E-state index < -0.39 is 22.0 Å². The first-order valence-electron chi connectivity index (χ1n) is 6.92. The van der Waals surface area contributed by atoms with Crippen LogP contribution in [0.4, 0.5) is 10.7 Å². The number of rotatable bonds is 5. The van der Waals surface area contributed by atoms with E-state index in [4.69, 9.17) is 4.74 Å². The van der Waals surface area contributed by atoms with Gasteiger partial charge in [-0.25, -0.2) is 22.7 Å². The molecule has 0 aliphatic rings. The van der Waals surface area contributed by atoms with Crippen LogP contribution in [0, 0.1) is 6.92 Å². The minimum atomic E-state index is -4.31. The third-order valence-corrected chi connectivity index (χ3v) is 5.40. The second kappa shape index (κ2) is 7.61. The summed E-state index contributed by atoms with van der Waals surface area (Å²) in [5, 5.41) is 1.40. The molecular weight excluding hydrogens is 386 g/mol. The second-order valence-corrected chi connectivity index (χ2v) is 7.31. The molecule has 0 saturated carbocycles. The summed E-state index contributed by atoms with van der Waals surface area (Å²) in [6, 6.07) is 0.142. The number of hydrogen-bond donors (Lipinski definition) is 1. The highest BCUT2D eigenvalue weighted by Crippen LogP contribution is 2.23. The van der Waals surface area contributed by atoms with Crippen LogP contribution in [0.15, 0.2) is 16.3 Å². The van der Waals surface area contributed by atoms with Gasteiger partial charge in [-0.15, -0.1) is 11.3 Å². The minimum Gasteiger partial charge on any atom is -0.467 e. The summed E-state index contributed by atoms with van der Waals surface area (Å²) < 4.78 is 36.1. The molecule has 2 aromatic rings. The normalized spacial score (nSPS) is 10.9. The van der Waals surface area contributed by atoms with Crippen molar-refractivity contribution in [1.29, 1.82) is 0 Å². The van der Waals surface area contributed by atoms with Crippen LogP contribution >= 0.6 is 11.3 Å². The van der Waals surface area contributed by atoms with Crippen LogP contribution in [0.3, 0.4) is 0 Å². The molecule has 2 heterocycles. The predicted molar refractivity (Wildman–Crippen MR) is 90.9 cm³/mol. The number of methoxy groups -OCH3 is 2. The van der Waals surface area contributed by atoms with Gasteiger partial charge in [-0.05, 0) is 18.4 Å². The fourth-order valence-corrected chi connectivity index (χ4v) is 4.08. The lowest BCUT2D eigenvalue weighted by atomic mass is 10.5. The number of esters is 1. The fraction of sp³-hybridized carbons (Fsp3) is 0.308. The zero-order valence-electron chi connectivity index (χ0n) is 14.2. The predicted octanol–water partition coefficient (Wildman–Crippen LogP) is 0.571. The van der Waals surface area contributed by atoms with Crippen LogP contribution in [0.2, 0.25) is 0 Å². The van der Waals surface area contributed by atoms with E-state index in [9.17, 15) is 18.0 Å². The van der Waals surface area contributed by atoms with Crippen LogP contribution < -0.4 is 14.4 Å².